The van der Waals surface area contributed by atoms with Gasteiger partial charge in [0.1, 0.15) is 12.2 Å². The molecule has 1 aromatic carbocycles. The molecule has 1 saturated heterocycles. The van der Waals surface area contributed by atoms with Crippen molar-refractivity contribution in [3.05, 3.63) is 47.5 Å². The fourth-order valence-corrected chi connectivity index (χ4v) is 3.53. The zero-order valence-corrected chi connectivity index (χ0v) is 15.9. The van der Waals surface area contributed by atoms with Crippen molar-refractivity contribution in [3.8, 4) is 0 Å². The maximum atomic E-state index is 13.0. The number of carbonyl (C=O) groups is 1. The Kier molecular flexibility index (Phi) is 5.41. The summed E-state index contributed by atoms with van der Waals surface area (Å²) in [4.78, 5) is 14.9. The van der Waals surface area contributed by atoms with E-state index >= 15 is 0 Å². The van der Waals surface area contributed by atoms with E-state index in [1.54, 1.807) is 6.33 Å². The van der Waals surface area contributed by atoms with E-state index < -0.39 is 5.60 Å². The fraction of sp³-hybridized carbons (Fsp3) is 0.550. The maximum Gasteiger partial charge on any atom is 0.253 e. The molecule has 1 atom stereocenters. The van der Waals surface area contributed by atoms with E-state index in [2.05, 4.69) is 10.2 Å². The lowest BCUT2D eigenvalue weighted by Gasteiger charge is -2.32. The van der Waals surface area contributed by atoms with Crippen molar-refractivity contribution >= 4 is 5.91 Å². The molecule has 1 amide bonds. The third kappa shape index (κ3) is 4.49. The summed E-state index contributed by atoms with van der Waals surface area (Å²) in [6, 6.07) is 7.78. The van der Waals surface area contributed by atoms with Gasteiger partial charge in [-0.1, -0.05) is 12.1 Å². The van der Waals surface area contributed by atoms with Crippen molar-refractivity contribution < 1.29 is 9.90 Å². The first kappa shape index (κ1) is 18.6. The van der Waals surface area contributed by atoms with E-state index in [9.17, 15) is 9.90 Å². The van der Waals surface area contributed by atoms with Crippen molar-refractivity contribution in [3.63, 3.8) is 0 Å². The van der Waals surface area contributed by atoms with Gasteiger partial charge in [-0.15, -0.1) is 10.2 Å². The fourth-order valence-electron chi connectivity index (χ4n) is 3.53. The zero-order chi connectivity index (χ0) is 18.7. The number of hydrogen-bond donors (Lipinski definition) is 1. The van der Waals surface area contributed by atoms with Gasteiger partial charge in [0.25, 0.3) is 5.91 Å². The van der Waals surface area contributed by atoms with E-state index in [0.29, 0.717) is 13.0 Å². The van der Waals surface area contributed by atoms with Gasteiger partial charge in [0.05, 0.1) is 5.60 Å². The summed E-state index contributed by atoms with van der Waals surface area (Å²) in [6.07, 6.45) is 5.14. The molecule has 6 nitrogen and oxygen atoms in total. The van der Waals surface area contributed by atoms with Crippen molar-refractivity contribution in [2.24, 2.45) is 7.05 Å². The van der Waals surface area contributed by atoms with E-state index in [-0.39, 0.29) is 11.8 Å². The minimum absolute atomic E-state index is 0.0713. The summed E-state index contributed by atoms with van der Waals surface area (Å²) in [5, 5.41) is 18.1. The van der Waals surface area contributed by atoms with Gasteiger partial charge in [-0.3, -0.25) is 4.79 Å². The molecule has 1 unspecified atom stereocenters. The van der Waals surface area contributed by atoms with Crippen molar-refractivity contribution in [2.75, 3.05) is 13.1 Å². The van der Waals surface area contributed by atoms with Crippen molar-refractivity contribution in [1.82, 2.24) is 19.7 Å². The van der Waals surface area contributed by atoms with Crippen LogP contribution in [0.15, 0.2) is 30.6 Å². The quantitative estimate of drug-likeness (QED) is 0.894. The zero-order valence-electron chi connectivity index (χ0n) is 15.9. The first-order chi connectivity index (χ1) is 12.3. The molecule has 1 aliphatic heterocycles. The number of benzene rings is 1. The van der Waals surface area contributed by atoms with Gasteiger partial charge in [-0.25, -0.2) is 0 Å². The predicted octanol–water partition coefficient (Wildman–Crippen LogP) is 2.54. The van der Waals surface area contributed by atoms with Crippen LogP contribution in [0.25, 0.3) is 0 Å². The van der Waals surface area contributed by atoms with Gasteiger partial charge in [-0.2, -0.15) is 0 Å². The Morgan fingerprint density at radius 2 is 2.19 bits per heavy atom. The molecule has 1 aliphatic rings. The van der Waals surface area contributed by atoms with Crippen LogP contribution in [0, 0.1) is 0 Å². The monoisotopic (exact) mass is 356 g/mol. The van der Waals surface area contributed by atoms with Crippen LogP contribution in [0.5, 0.6) is 0 Å². The number of nitrogens with zero attached hydrogens (tertiary/aromatic N) is 4. The van der Waals surface area contributed by atoms with E-state index in [1.165, 1.54) is 0 Å². The molecule has 0 bridgehead atoms. The number of carbonyl (C=O) groups excluding carboxylic acids is 1. The Balaban J connectivity index is 1.69. The third-order valence-corrected chi connectivity index (χ3v) is 5.02. The summed E-state index contributed by atoms with van der Waals surface area (Å²) in [7, 11) is 1.95. The molecular formula is C20H28N4O2. The number of aliphatic hydroxyl groups is 1. The van der Waals surface area contributed by atoms with Crippen LogP contribution in [0.4, 0.5) is 0 Å². The van der Waals surface area contributed by atoms with Gasteiger partial charge in [-0.05, 0) is 57.2 Å². The van der Waals surface area contributed by atoms with E-state index in [4.69, 9.17) is 0 Å². The first-order valence-corrected chi connectivity index (χ1v) is 9.28. The van der Waals surface area contributed by atoms with Gasteiger partial charge in [0.15, 0.2) is 0 Å². The molecule has 0 aliphatic carbocycles. The lowest BCUT2D eigenvalue weighted by atomic mass is 9.95. The highest BCUT2D eigenvalue weighted by atomic mass is 16.3. The number of aryl methyl sites for hydroxylation is 2. The Morgan fingerprint density at radius 1 is 1.38 bits per heavy atom. The molecule has 26 heavy (non-hydrogen) atoms. The standard InChI is InChI=1S/C20H28N4O2/c1-20(2,26)10-9-15-6-4-7-16(12-15)19(25)24-11-5-8-17(13-24)18-22-21-14-23(18)3/h4,6-7,12,14,17,26H,5,8-11,13H2,1-3H3. The lowest BCUT2D eigenvalue weighted by Crippen LogP contribution is -2.39. The predicted molar refractivity (Wildman–Crippen MR) is 99.9 cm³/mol. The van der Waals surface area contributed by atoms with Crippen LogP contribution in [-0.4, -0.2) is 49.4 Å². The summed E-state index contributed by atoms with van der Waals surface area (Å²) >= 11 is 0. The molecule has 2 heterocycles. The average molecular weight is 356 g/mol. The van der Waals surface area contributed by atoms with Crippen molar-refractivity contribution in [1.29, 1.82) is 0 Å². The van der Waals surface area contributed by atoms with Crippen LogP contribution in [0.3, 0.4) is 0 Å². The Bertz CT molecular complexity index is 763. The highest BCUT2D eigenvalue weighted by Gasteiger charge is 2.28. The molecule has 1 fully saturated rings. The topological polar surface area (TPSA) is 71.2 Å². The van der Waals surface area contributed by atoms with Gasteiger partial charge >= 0.3 is 0 Å². The smallest absolute Gasteiger partial charge is 0.253 e. The SMILES string of the molecule is Cn1cnnc1C1CCCN(C(=O)c2cccc(CCC(C)(C)O)c2)C1. The van der Waals surface area contributed by atoms with E-state index in [1.807, 2.05) is 54.6 Å². The highest BCUT2D eigenvalue weighted by molar-refractivity contribution is 5.94. The molecule has 0 saturated carbocycles. The van der Waals surface area contributed by atoms with Gasteiger partial charge in [0, 0.05) is 31.6 Å². The second kappa shape index (κ2) is 7.58. The molecule has 2 aromatic rings. The molecule has 1 aromatic heterocycles. The second-order valence-electron chi connectivity index (χ2n) is 7.90. The second-order valence-corrected chi connectivity index (χ2v) is 7.90. The van der Waals surface area contributed by atoms with Crippen LogP contribution >= 0.6 is 0 Å². The third-order valence-electron chi connectivity index (χ3n) is 5.02. The Labute approximate surface area is 154 Å². The number of amides is 1. The normalized spacial score (nSPS) is 18.2. The van der Waals surface area contributed by atoms with Gasteiger partial charge in [0.2, 0.25) is 0 Å². The number of rotatable bonds is 5. The molecule has 3 rings (SSSR count). The van der Waals surface area contributed by atoms with Crippen LogP contribution < -0.4 is 0 Å². The highest BCUT2D eigenvalue weighted by Crippen LogP contribution is 2.26. The average Bonchev–Trinajstić information content (AvgIpc) is 3.05. The maximum absolute atomic E-state index is 13.0. The van der Waals surface area contributed by atoms with Gasteiger partial charge < -0.3 is 14.6 Å². The number of likely N-dealkylation sites (tertiary alicyclic amines) is 1. The summed E-state index contributed by atoms with van der Waals surface area (Å²) in [5.41, 5.74) is 1.10. The number of piperidine rings is 1. The molecule has 0 radical (unpaired) electrons. The van der Waals surface area contributed by atoms with Crippen LogP contribution in [0.2, 0.25) is 0 Å². The van der Waals surface area contributed by atoms with E-state index in [0.717, 1.165) is 42.8 Å². The molecule has 1 N–H and O–H groups in total. The van der Waals surface area contributed by atoms with Crippen LogP contribution in [-0.2, 0) is 13.5 Å². The molecule has 0 spiro atoms. The summed E-state index contributed by atoms with van der Waals surface area (Å²) in [6.45, 7) is 5.07. The number of aromatic nitrogens is 3. The van der Waals surface area contributed by atoms with Crippen molar-refractivity contribution in [2.45, 2.75) is 51.0 Å². The minimum Gasteiger partial charge on any atom is -0.390 e. The minimum atomic E-state index is -0.698. The largest absolute Gasteiger partial charge is 0.390 e. The number of hydrogen-bond acceptors (Lipinski definition) is 4. The molecular weight excluding hydrogens is 328 g/mol. The van der Waals surface area contributed by atoms with Crippen LogP contribution in [0.1, 0.15) is 60.8 Å². The first-order valence-electron chi connectivity index (χ1n) is 9.28. The molecule has 140 valence electrons. The summed E-state index contributed by atoms with van der Waals surface area (Å²) < 4.78 is 1.94. The summed E-state index contributed by atoms with van der Waals surface area (Å²) in [5.74, 6) is 1.25. The lowest BCUT2D eigenvalue weighted by molar-refractivity contribution is 0.0703. The Hall–Kier alpha value is -2.21. The molecule has 6 heteroatoms. The Morgan fingerprint density at radius 3 is 2.88 bits per heavy atom.